The van der Waals surface area contributed by atoms with Crippen LogP contribution in [0.3, 0.4) is 0 Å². The number of ether oxygens (including phenoxy) is 1. The lowest BCUT2D eigenvalue weighted by atomic mass is 9.86. The van der Waals surface area contributed by atoms with Crippen molar-refractivity contribution in [1.82, 2.24) is 9.78 Å². The molecule has 0 atom stereocenters. The van der Waals surface area contributed by atoms with Crippen molar-refractivity contribution in [2.75, 3.05) is 24.3 Å². The number of nitrogens with two attached hydrogens (primary N) is 1. The van der Waals surface area contributed by atoms with Crippen LogP contribution in [-0.4, -0.2) is 23.4 Å². The Labute approximate surface area is 214 Å². The van der Waals surface area contributed by atoms with E-state index in [1.807, 2.05) is 24.3 Å². The maximum atomic E-state index is 6.05. The molecule has 0 radical (unpaired) electrons. The molecule has 0 amide bonds. The quantitative estimate of drug-likeness (QED) is 0.334. The Kier molecular flexibility index (Phi) is 6.03. The van der Waals surface area contributed by atoms with Gasteiger partial charge in [0.15, 0.2) is 0 Å². The number of methoxy groups -OCH3 is 1. The number of anilines is 2. The number of aryl methyl sites for hydroxylation is 2. The van der Waals surface area contributed by atoms with E-state index >= 15 is 0 Å². The molecule has 1 aliphatic rings. The maximum Gasteiger partial charge on any atom is 0.144 e. The summed E-state index contributed by atoms with van der Waals surface area (Å²) in [5.74, 6) is 0.817. The van der Waals surface area contributed by atoms with Gasteiger partial charge in [0.05, 0.1) is 18.5 Å². The number of aromatic nitrogens is 2. The average Bonchev–Trinajstić information content (AvgIpc) is 3.22. The maximum absolute atomic E-state index is 6.05. The van der Waals surface area contributed by atoms with Crippen LogP contribution in [0.15, 0.2) is 60.7 Å². The predicted octanol–water partition coefficient (Wildman–Crippen LogP) is 6.61. The molecule has 2 heterocycles. The molecule has 0 spiro atoms. The van der Waals surface area contributed by atoms with Crippen LogP contribution in [-0.2, 0) is 18.4 Å². The summed E-state index contributed by atoms with van der Waals surface area (Å²) >= 11 is 0. The largest absolute Gasteiger partial charge is 0.494 e. The molecule has 0 unspecified atom stereocenters. The van der Waals surface area contributed by atoms with E-state index in [0.717, 1.165) is 59.1 Å². The predicted molar refractivity (Wildman–Crippen MR) is 149 cm³/mol. The summed E-state index contributed by atoms with van der Waals surface area (Å²) in [7, 11) is 1.72. The number of para-hydroxylation sites is 1. The molecule has 2 N–H and O–H groups in total. The second-order valence-corrected chi connectivity index (χ2v) is 10.9. The monoisotopic (exact) mass is 480 g/mol. The highest BCUT2D eigenvalue weighted by molar-refractivity contribution is 5.72. The molecule has 4 aromatic rings. The van der Waals surface area contributed by atoms with Gasteiger partial charge in [-0.05, 0) is 60.2 Å². The molecular weight excluding hydrogens is 444 g/mol. The van der Waals surface area contributed by atoms with Gasteiger partial charge in [0.25, 0.3) is 0 Å². The van der Waals surface area contributed by atoms with Crippen molar-refractivity contribution in [3.8, 4) is 22.7 Å². The number of nitrogens with zero attached hydrogens (tertiary/aromatic N) is 3. The van der Waals surface area contributed by atoms with Gasteiger partial charge in [0.1, 0.15) is 11.4 Å². The highest BCUT2D eigenvalue weighted by Gasteiger charge is 2.29. The van der Waals surface area contributed by atoms with Gasteiger partial charge >= 0.3 is 0 Å². The highest BCUT2D eigenvalue weighted by Crippen LogP contribution is 2.39. The zero-order chi connectivity index (χ0) is 25.6. The van der Waals surface area contributed by atoms with Gasteiger partial charge in [-0.3, -0.25) is 0 Å². The third kappa shape index (κ3) is 4.23. The third-order valence-corrected chi connectivity index (χ3v) is 7.27. The first-order valence-electron chi connectivity index (χ1n) is 12.6. The van der Waals surface area contributed by atoms with E-state index in [1.54, 1.807) is 7.11 Å². The van der Waals surface area contributed by atoms with Crippen LogP contribution in [0.5, 0.6) is 5.75 Å². The Morgan fingerprint density at radius 3 is 2.39 bits per heavy atom. The zero-order valence-corrected chi connectivity index (χ0v) is 22.2. The second kappa shape index (κ2) is 9.05. The Morgan fingerprint density at radius 2 is 1.69 bits per heavy atom. The molecule has 1 aliphatic heterocycles. The van der Waals surface area contributed by atoms with Crippen molar-refractivity contribution >= 4 is 11.4 Å². The number of nitrogen functional groups attached to an aromatic ring is 1. The van der Waals surface area contributed by atoms with E-state index in [2.05, 4.69) is 80.6 Å². The van der Waals surface area contributed by atoms with Crippen LogP contribution < -0.4 is 15.4 Å². The van der Waals surface area contributed by atoms with Gasteiger partial charge in [0.2, 0.25) is 0 Å². The standard InChI is InChI=1S/C31H36N4O/c1-20-10-13-23(31(3,4)5)18-27(20)34-17-16-26-25(19-34)30(22-11-14-24(32)15-12-22)35(33-26)29-21(2)8-7-9-28(29)36-6/h7-15,18H,16-17,19,32H2,1-6H3. The molecular formula is C31H36N4O. The third-order valence-electron chi connectivity index (χ3n) is 7.27. The van der Waals surface area contributed by atoms with Crippen molar-refractivity contribution in [3.05, 3.63) is 88.6 Å². The summed E-state index contributed by atoms with van der Waals surface area (Å²) in [4.78, 5) is 2.51. The number of fused-ring (bicyclic) bond motifs is 1. The van der Waals surface area contributed by atoms with Crippen molar-refractivity contribution < 1.29 is 4.74 Å². The molecule has 0 bridgehead atoms. The average molecular weight is 481 g/mol. The fourth-order valence-corrected chi connectivity index (χ4v) is 5.16. The number of hydrogen-bond acceptors (Lipinski definition) is 4. The molecule has 3 aromatic carbocycles. The molecule has 0 aliphatic carbocycles. The van der Waals surface area contributed by atoms with Crippen molar-refractivity contribution in [3.63, 3.8) is 0 Å². The minimum atomic E-state index is 0.102. The van der Waals surface area contributed by atoms with Gasteiger partial charge in [-0.2, -0.15) is 5.10 Å². The molecule has 0 saturated heterocycles. The van der Waals surface area contributed by atoms with E-state index in [1.165, 1.54) is 22.4 Å². The molecule has 5 rings (SSSR count). The summed E-state index contributed by atoms with van der Waals surface area (Å²) in [5, 5.41) is 5.18. The fourth-order valence-electron chi connectivity index (χ4n) is 5.16. The van der Waals surface area contributed by atoms with E-state index < -0.39 is 0 Å². The van der Waals surface area contributed by atoms with Crippen molar-refractivity contribution in [2.45, 2.75) is 53.0 Å². The smallest absolute Gasteiger partial charge is 0.144 e. The lowest BCUT2D eigenvalue weighted by Gasteiger charge is -2.32. The number of benzene rings is 3. The van der Waals surface area contributed by atoms with Crippen molar-refractivity contribution in [1.29, 1.82) is 0 Å². The summed E-state index contributed by atoms with van der Waals surface area (Å²) < 4.78 is 7.87. The van der Waals surface area contributed by atoms with Crippen LogP contribution in [0.25, 0.3) is 16.9 Å². The Balaban J connectivity index is 1.68. The SMILES string of the molecule is COc1cccc(C)c1-n1nc2c(c1-c1ccc(N)cc1)CN(c1cc(C(C)(C)C)ccc1C)CC2. The van der Waals surface area contributed by atoms with Crippen molar-refractivity contribution in [2.24, 2.45) is 0 Å². The molecule has 186 valence electrons. The Morgan fingerprint density at radius 1 is 0.944 bits per heavy atom. The summed E-state index contributed by atoms with van der Waals surface area (Å²) in [6.45, 7) is 12.9. The van der Waals surface area contributed by atoms with Crippen LogP contribution in [0, 0.1) is 13.8 Å². The summed E-state index contributed by atoms with van der Waals surface area (Å²) in [6, 6.07) is 21.1. The lowest BCUT2D eigenvalue weighted by Crippen LogP contribution is -2.31. The van der Waals surface area contributed by atoms with Crippen LogP contribution in [0.4, 0.5) is 11.4 Å². The normalized spacial score (nSPS) is 13.6. The van der Waals surface area contributed by atoms with E-state index in [0.29, 0.717) is 0 Å². The Bertz CT molecular complexity index is 1410. The van der Waals surface area contributed by atoms with Crippen LogP contribution in [0.1, 0.15) is 48.7 Å². The summed E-state index contributed by atoms with van der Waals surface area (Å²) in [6.07, 6.45) is 0.887. The molecule has 0 saturated carbocycles. The number of rotatable bonds is 4. The minimum absolute atomic E-state index is 0.102. The van der Waals surface area contributed by atoms with Gasteiger partial charge in [-0.15, -0.1) is 0 Å². The van der Waals surface area contributed by atoms with E-state index in [-0.39, 0.29) is 5.41 Å². The van der Waals surface area contributed by atoms with Gasteiger partial charge in [-0.25, -0.2) is 4.68 Å². The van der Waals surface area contributed by atoms with Crippen LogP contribution >= 0.6 is 0 Å². The first kappa shape index (κ1) is 24.0. The van der Waals surface area contributed by atoms with Gasteiger partial charge in [0, 0.05) is 42.0 Å². The van der Waals surface area contributed by atoms with Gasteiger partial charge in [-0.1, -0.05) is 57.2 Å². The first-order chi connectivity index (χ1) is 17.2. The summed E-state index contributed by atoms with van der Waals surface area (Å²) in [5.41, 5.74) is 17.6. The fraction of sp³-hybridized carbons (Fsp3) is 0.323. The molecule has 0 fully saturated rings. The van der Waals surface area contributed by atoms with Crippen LogP contribution in [0.2, 0.25) is 0 Å². The highest BCUT2D eigenvalue weighted by atomic mass is 16.5. The number of hydrogen-bond donors (Lipinski definition) is 1. The lowest BCUT2D eigenvalue weighted by molar-refractivity contribution is 0.411. The molecule has 5 nitrogen and oxygen atoms in total. The minimum Gasteiger partial charge on any atom is -0.494 e. The topological polar surface area (TPSA) is 56.3 Å². The van der Waals surface area contributed by atoms with E-state index in [9.17, 15) is 0 Å². The molecule has 1 aromatic heterocycles. The zero-order valence-electron chi connectivity index (χ0n) is 22.2. The first-order valence-corrected chi connectivity index (χ1v) is 12.6. The molecule has 5 heteroatoms. The van der Waals surface area contributed by atoms with E-state index in [4.69, 9.17) is 15.6 Å². The Hall–Kier alpha value is -3.73. The molecule has 36 heavy (non-hydrogen) atoms. The second-order valence-electron chi connectivity index (χ2n) is 10.9. The van der Waals surface area contributed by atoms with Gasteiger partial charge < -0.3 is 15.4 Å².